The number of para-hydroxylation sites is 1. The Morgan fingerprint density at radius 3 is 2.45 bits per heavy atom. The fourth-order valence-electron chi connectivity index (χ4n) is 2.25. The lowest BCUT2D eigenvalue weighted by molar-refractivity contribution is -0.123. The van der Waals surface area contributed by atoms with E-state index in [0.717, 1.165) is 16.9 Å². The maximum atomic E-state index is 13.4. The van der Waals surface area contributed by atoms with Crippen LogP contribution >= 0.6 is 0 Å². The summed E-state index contributed by atoms with van der Waals surface area (Å²) in [6, 6.07) is 12.4. The normalized spacial score (nSPS) is 10.3. The van der Waals surface area contributed by atoms with Gasteiger partial charge in [0, 0.05) is 6.54 Å². The van der Waals surface area contributed by atoms with Gasteiger partial charge >= 0.3 is 0 Å². The molecule has 0 aliphatic carbocycles. The summed E-state index contributed by atoms with van der Waals surface area (Å²) in [6.45, 7) is 4.23. The Kier molecular flexibility index (Phi) is 5.53. The van der Waals surface area contributed by atoms with Gasteiger partial charge in [-0.1, -0.05) is 36.4 Å². The minimum atomic E-state index is -0.247. The van der Waals surface area contributed by atoms with E-state index in [9.17, 15) is 9.18 Å². The number of ether oxygens (including phenoxy) is 1. The molecule has 2 aromatic rings. The van der Waals surface area contributed by atoms with E-state index >= 15 is 0 Å². The summed E-state index contributed by atoms with van der Waals surface area (Å²) in [4.78, 5) is 11.8. The van der Waals surface area contributed by atoms with Crippen molar-refractivity contribution < 1.29 is 13.9 Å². The zero-order chi connectivity index (χ0) is 15.9. The Bertz CT molecular complexity index is 635. The maximum Gasteiger partial charge on any atom is 0.257 e. The van der Waals surface area contributed by atoms with Crippen LogP contribution in [0, 0.1) is 19.7 Å². The average Bonchev–Trinajstić information content (AvgIpc) is 2.49. The number of benzene rings is 2. The first kappa shape index (κ1) is 16.0. The number of hydrogen-bond donors (Lipinski definition) is 1. The van der Waals surface area contributed by atoms with Gasteiger partial charge in [0.15, 0.2) is 6.61 Å². The first-order chi connectivity index (χ1) is 10.6. The van der Waals surface area contributed by atoms with Crippen molar-refractivity contribution in [1.82, 2.24) is 5.32 Å². The Morgan fingerprint density at radius 2 is 1.77 bits per heavy atom. The zero-order valence-electron chi connectivity index (χ0n) is 12.9. The van der Waals surface area contributed by atoms with Gasteiger partial charge in [-0.05, 0) is 43.0 Å². The van der Waals surface area contributed by atoms with Crippen LogP contribution in [0.3, 0.4) is 0 Å². The second kappa shape index (κ2) is 7.59. The molecule has 116 valence electrons. The van der Waals surface area contributed by atoms with Gasteiger partial charge < -0.3 is 10.1 Å². The number of carbonyl (C=O) groups is 1. The van der Waals surface area contributed by atoms with Gasteiger partial charge in [0.05, 0.1) is 0 Å². The fourth-order valence-corrected chi connectivity index (χ4v) is 2.25. The summed E-state index contributed by atoms with van der Waals surface area (Å²) >= 11 is 0. The van der Waals surface area contributed by atoms with Gasteiger partial charge in [0.2, 0.25) is 0 Å². The summed E-state index contributed by atoms with van der Waals surface area (Å²) in [5, 5.41) is 2.74. The predicted molar refractivity (Wildman–Crippen MR) is 84.5 cm³/mol. The average molecular weight is 301 g/mol. The molecule has 0 bridgehead atoms. The van der Waals surface area contributed by atoms with Gasteiger partial charge in [0.1, 0.15) is 11.6 Å². The lowest BCUT2D eigenvalue weighted by Gasteiger charge is -2.12. The molecule has 0 atom stereocenters. The Balaban J connectivity index is 1.78. The first-order valence-corrected chi connectivity index (χ1v) is 7.27. The summed E-state index contributed by atoms with van der Waals surface area (Å²) in [7, 11) is 0. The molecule has 1 amide bonds. The van der Waals surface area contributed by atoms with Crippen molar-refractivity contribution in [3.05, 3.63) is 65.0 Å². The highest BCUT2D eigenvalue weighted by Gasteiger charge is 2.07. The molecule has 0 saturated heterocycles. The second-order valence-corrected chi connectivity index (χ2v) is 5.20. The van der Waals surface area contributed by atoms with E-state index in [0.29, 0.717) is 18.5 Å². The number of halogens is 1. The molecular formula is C18H20FNO2. The van der Waals surface area contributed by atoms with E-state index in [4.69, 9.17) is 4.74 Å². The number of rotatable bonds is 6. The molecular weight excluding hydrogens is 281 g/mol. The number of nitrogens with one attached hydrogen (secondary N) is 1. The first-order valence-electron chi connectivity index (χ1n) is 7.27. The largest absolute Gasteiger partial charge is 0.483 e. The third-order valence-electron chi connectivity index (χ3n) is 3.43. The minimum Gasteiger partial charge on any atom is -0.483 e. The number of aryl methyl sites for hydroxylation is 2. The second-order valence-electron chi connectivity index (χ2n) is 5.20. The standard InChI is InChI=1S/C18H20FNO2/c1-13-6-5-7-14(2)18(13)22-12-17(21)20-11-10-15-8-3-4-9-16(15)19/h3-9H,10-12H2,1-2H3,(H,20,21). The van der Waals surface area contributed by atoms with E-state index in [1.54, 1.807) is 18.2 Å². The van der Waals surface area contributed by atoms with Crippen molar-refractivity contribution in [1.29, 1.82) is 0 Å². The number of hydrogen-bond acceptors (Lipinski definition) is 2. The quantitative estimate of drug-likeness (QED) is 0.890. The molecule has 2 rings (SSSR count). The van der Waals surface area contributed by atoms with Crippen LogP contribution in [-0.2, 0) is 11.2 Å². The van der Waals surface area contributed by atoms with Crippen LogP contribution in [0.1, 0.15) is 16.7 Å². The lowest BCUT2D eigenvalue weighted by Crippen LogP contribution is -2.30. The Morgan fingerprint density at radius 1 is 1.09 bits per heavy atom. The summed E-state index contributed by atoms with van der Waals surface area (Å²) in [5.41, 5.74) is 2.59. The molecule has 0 saturated carbocycles. The van der Waals surface area contributed by atoms with Crippen molar-refractivity contribution in [2.24, 2.45) is 0 Å². The molecule has 0 aliphatic rings. The highest BCUT2D eigenvalue weighted by Crippen LogP contribution is 2.21. The molecule has 4 heteroatoms. The fraction of sp³-hybridized carbons (Fsp3) is 0.278. The third-order valence-corrected chi connectivity index (χ3v) is 3.43. The molecule has 0 aromatic heterocycles. The van der Waals surface area contributed by atoms with Gasteiger partial charge in [0.25, 0.3) is 5.91 Å². The van der Waals surface area contributed by atoms with Crippen molar-refractivity contribution in [2.45, 2.75) is 20.3 Å². The zero-order valence-corrected chi connectivity index (χ0v) is 12.9. The molecule has 0 heterocycles. The highest BCUT2D eigenvalue weighted by molar-refractivity contribution is 5.77. The van der Waals surface area contributed by atoms with Crippen LogP contribution in [0.2, 0.25) is 0 Å². The molecule has 0 unspecified atom stereocenters. The Hall–Kier alpha value is -2.36. The third kappa shape index (κ3) is 4.32. The van der Waals surface area contributed by atoms with E-state index in [-0.39, 0.29) is 18.3 Å². The number of amides is 1. The van der Waals surface area contributed by atoms with E-state index < -0.39 is 0 Å². The number of carbonyl (C=O) groups excluding carboxylic acids is 1. The molecule has 22 heavy (non-hydrogen) atoms. The van der Waals surface area contributed by atoms with E-state index in [1.165, 1.54) is 6.07 Å². The predicted octanol–water partition coefficient (Wildman–Crippen LogP) is 3.18. The molecule has 0 radical (unpaired) electrons. The van der Waals surface area contributed by atoms with Crippen molar-refractivity contribution >= 4 is 5.91 Å². The van der Waals surface area contributed by atoms with Crippen LogP contribution in [-0.4, -0.2) is 19.1 Å². The minimum absolute atomic E-state index is 0.0387. The van der Waals surface area contributed by atoms with Crippen molar-refractivity contribution in [3.63, 3.8) is 0 Å². The van der Waals surface area contributed by atoms with Crippen molar-refractivity contribution in [2.75, 3.05) is 13.2 Å². The van der Waals surface area contributed by atoms with Crippen LogP contribution in [0.4, 0.5) is 4.39 Å². The molecule has 2 aromatic carbocycles. The lowest BCUT2D eigenvalue weighted by atomic mass is 10.1. The van der Waals surface area contributed by atoms with Crippen LogP contribution in [0.15, 0.2) is 42.5 Å². The van der Waals surface area contributed by atoms with Crippen LogP contribution < -0.4 is 10.1 Å². The van der Waals surface area contributed by atoms with Crippen LogP contribution in [0.25, 0.3) is 0 Å². The Labute approximate surface area is 130 Å². The van der Waals surface area contributed by atoms with Gasteiger partial charge in [-0.2, -0.15) is 0 Å². The topological polar surface area (TPSA) is 38.3 Å². The molecule has 0 spiro atoms. The van der Waals surface area contributed by atoms with E-state index in [2.05, 4.69) is 5.32 Å². The summed E-state index contributed by atoms with van der Waals surface area (Å²) < 4.78 is 19.0. The van der Waals surface area contributed by atoms with Gasteiger partial charge in [-0.3, -0.25) is 4.79 Å². The highest BCUT2D eigenvalue weighted by atomic mass is 19.1. The molecule has 0 aliphatic heterocycles. The molecule has 1 N–H and O–H groups in total. The smallest absolute Gasteiger partial charge is 0.257 e. The molecule has 0 fully saturated rings. The monoisotopic (exact) mass is 301 g/mol. The van der Waals surface area contributed by atoms with E-state index in [1.807, 2.05) is 32.0 Å². The van der Waals surface area contributed by atoms with Gasteiger partial charge in [-0.25, -0.2) is 4.39 Å². The van der Waals surface area contributed by atoms with Gasteiger partial charge in [-0.15, -0.1) is 0 Å². The van der Waals surface area contributed by atoms with Crippen LogP contribution in [0.5, 0.6) is 5.75 Å². The van der Waals surface area contributed by atoms with Crippen molar-refractivity contribution in [3.8, 4) is 5.75 Å². The maximum absolute atomic E-state index is 13.4. The molecule has 3 nitrogen and oxygen atoms in total. The summed E-state index contributed by atoms with van der Waals surface area (Å²) in [5.74, 6) is 0.286. The SMILES string of the molecule is Cc1cccc(C)c1OCC(=O)NCCc1ccccc1F. The summed E-state index contributed by atoms with van der Waals surface area (Å²) in [6.07, 6.45) is 0.460.